The highest BCUT2D eigenvalue weighted by Crippen LogP contribution is 2.27. The first-order valence-corrected chi connectivity index (χ1v) is 7.56. The molecule has 1 saturated heterocycles. The van der Waals surface area contributed by atoms with E-state index in [1.54, 1.807) is 12.1 Å². The summed E-state index contributed by atoms with van der Waals surface area (Å²) in [5.74, 6) is 0.813. The molecule has 1 aliphatic rings. The molecule has 1 fully saturated rings. The van der Waals surface area contributed by atoms with E-state index in [0.29, 0.717) is 23.0 Å². The quantitative estimate of drug-likeness (QED) is 0.840. The monoisotopic (exact) mass is 354 g/mol. The molecule has 1 aromatic rings. The highest BCUT2D eigenvalue weighted by molar-refractivity contribution is 6.30. The Morgan fingerprint density at radius 1 is 1.45 bits per heavy atom. The van der Waals surface area contributed by atoms with Gasteiger partial charge in [0.15, 0.2) is 0 Å². The van der Waals surface area contributed by atoms with E-state index in [9.17, 15) is 8.78 Å². The third kappa shape index (κ3) is 5.88. The molecule has 0 saturated carbocycles. The van der Waals surface area contributed by atoms with Gasteiger partial charge < -0.3 is 10.1 Å². The van der Waals surface area contributed by atoms with Crippen molar-refractivity contribution in [2.45, 2.75) is 26.0 Å². The first-order valence-electron chi connectivity index (χ1n) is 7.18. The molecular weight excluding hydrogens is 333 g/mol. The first-order chi connectivity index (χ1) is 10.1. The Labute approximate surface area is 141 Å². The fourth-order valence-corrected chi connectivity index (χ4v) is 3.07. The molecule has 0 bridgehead atoms. The highest BCUT2D eigenvalue weighted by atomic mass is 35.5. The van der Waals surface area contributed by atoms with Crippen LogP contribution in [-0.2, 0) is 6.54 Å². The van der Waals surface area contributed by atoms with Gasteiger partial charge in [0.1, 0.15) is 5.75 Å². The van der Waals surface area contributed by atoms with Crippen LogP contribution in [0.15, 0.2) is 18.2 Å². The summed E-state index contributed by atoms with van der Waals surface area (Å²) in [5, 5.41) is 3.73. The van der Waals surface area contributed by atoms with Gasteiger partial charge in [-0.1, -0.05) is 11.6 Å². The molecule has 0 amide bonds. The van der Waals surface area contributed by atoms with Crippen LogP contribution in [-0.4, -0.2) is 38.2 Å². The van der Waals surface area contributed by atoms with Gasteiger partial charge in [-0.2, -0.15) is 8.78 Å². The van der Waals surface area contributed by atoms with E-state index in [2.05, 4.69) is 15.0 Å². The van der Waals surface area contributed by atoms with Crippen LogP contribution in [0.25, 0.3) is 0 Å². The molecule has 0 aliphatic carbocycles. The summed E-state index contributed by atoms with van der Waals surface area (Å²) in [5.41, 5.74) is 0.716. The minimum atomic E-state index is -2.82. The third-order valence-electron chi connectivity index (χ3n) is 3.73. The van der Waals surface area contributed by atoms with Gasteiger partial charge in [0, 0.05) is 23.7 Å². The number of hydrogen-bond acceptors (Lipinski definition) is 3. The average Bonchev–Trinajstić information content (AvgIpc) is 2.42. The van der Waals surface area contributed by atoms with Gasteiger partial charge in [-0.25, -0.2) is 0 Å². The number of rotatable bonds is 6. The van der Waals surface area contributed by atoms with E-state index >= 15 is 0 Å². The van der Waals surface area contributed by atoms with Crippen molar-refractivity contribution in [3.8, 4) is 5.75 Å². The van der Waals surface area contributed by atoms with Gasteiger partial charge in [-0.05, 0) is 57.1 Å². The maximum atomic E-state index is 12.5. The first kappa shape index (κ1) is 19.4. The molecule has 1 N–H and O–H groups in total. The van der Waals surface area contributed by atoms with Gasteiger partial charge in [-0.15, -0.1) is 12.4 Å². The van der Waals surface area contributed by atoms with Crippen LogP contribution in [0.3, 0.4) is 0 Å². The second-order valence-electron chi connectivity index (χ2n) is 5.43. The molecule has 1 heterocycles. The minimum absolute atomic E-state index is 0. The summed E-state index contributed by atoms with van der Waals surface area (Å²) in [6.07, 6.45) is 2.32. The van der Waals surface area contributed by atoms with E-state index in [1.165, 1.54) is 12.5 Å². The lowest BCUT2D eigenvalue weighted by Gasteiger charge is -2.33. The smallest absolute Gasteiger partial charge is 0.387 e. The van der Waals surface area contributed by atoms with Gasteiger partial charge in [-0.3, -0.25) is 4.90 Å². The van der Waals surface area contributed by atoms with Crippen LogP contribution < -0.4 is 10.1 Å². The van der Waals surface area contributed by atoms with Crippen molar-refractivity contribution in [2.75, 3.05) is 26.7 Å². The maximum absolute atomic E-state index is 12.5. The number of piperidine rings is 1. The Morgan fingerprint density at radius 2 is 2.23 bits per heavy atom. The van der Waals surface area contributed by atoms with Crippen LogP contribution in [0.4, 0.5) is 8.78 Å². The zero-order chi connectivity index (χ0) is 15.2. The number of nitrogens with zero attached hydrogens (tertiary/aromatic N) is 1. The normalized spacial score (nSPS) is 19.0. The number of benzene rings is 1. The molecule has 2 rings (SSSR count). The average molecular weight is 355 g/mol. The van der Waals surface area contributed by atoms with E-state index < -0.39 is 6.61 Å². The van der Waals surface area contributed by atoms with Crippen molar-refractivity contribution in [1.29, 1.82) is 0 Å². The second-order valence-corrected chi connectivity index (χ2v) is 5.87. The highest BCUT2D eigenvalue weighted by Gasteiger charge is 2.21. The molecule has 126 valence electrons. The lowest BCUT2D eigenvalue weighted by Crippen LogP contribution is -2.38. The number of halogens is 4. The summed E-state index contributed by atoms with van der Waals surface area (Å²) in [6.45, 7) is 0.681. The second kappa shape index (κ2) is 9.50. The molecule has 1 unspecified atom stereocenters. The molecule has 22 heavy (non-hydrogen) atoms. The van der Waals surface area contributed by atoms with Crippen molar-refractivity contribution in [2.24, 2.45) is 5.92 Å². The SMILES string of the molecule is CNCC1CCCN(Cc2cc(Cl)ccc2OC(F)F)C1.Cl. The molecule has 1 aliphatic heterocycles. The van der Waals surface area contributed by atoms with Crippen molar-refractivity contribution < 1.29 is 13.5 Å². The lowest BCUT2D eigenvalue weighted by atomic mass is 9.97. The Bertz CT molecular complexity index is 461. The van der Waals surface area contributed by atoms with Crippen molar-refractivity contribution >= 4 is 24.0 Å². The van der Waals surface area contributed by atoms with Crippen LogP contribution in [0.2, 0.25) is 5.02 Å². The summed E-state index contributed by atoms with van der Waals surface area (Å²) >= 11 is 5.98. The molecule has 3 nitrogen and oxygen atoms in total. The lowest BCUT2D eigenvalue weighted by molar-refractivity contribution is -0.0508. The standard InChI is InChI=1S/C15H21ClF2N2O.ClH/c1-19-8-11-3-2-6-20(9-11)10-12-7-13(16)4-5-14(12)21-15(17)18;/h4-5,7,11,15,19H,2-3,6,8-10H2,1H3;1H. The van der Waals surface area contributed by atoms with Gasteiger partial charge in [0.05, 0.1) is 0 Å². The van der Waals surface area contributed by atoms with Gasteiger partial charge in [0.25, 0.3) is 0 Å². The molecule has 7 heteroatoms. The van der Waals surface area contributed by atoms with Crippen LogP contribution in [0.1, 0.15) is 18.4 Å². The summed E-state index contributed by atoms with van der Waals surface area (Å²) < 4.78 is 29.5. The van der Waals surface area contributed by atoms with Crippen LogP contribution in [0.5, 0.6) is 5.75 Å². The van der Waals surface area contributed by atoms with Crippen molar-refractivity contribution in [3.05, 3.63) is 28.8 Å². The molecule has 0 aromatic heterocycles. The zero-order valence-corrected chi connectivity index (χ0v) is 14.1. The summed E-state index contributed by atoms with van der Waals surface area (Å²) in [7, 11) is 1.95. The van der Waals surface area contributed by atoms with E-state index in [0.717, 1.165) is 26.1 Å². The predicted octanol–water partition coefficient (Wildman–Crippen LogP) is 3.79. The van der Waals surface area contributed by atoms with E-state index in [1.807, 2.05) is 7.05 Å². The third-order valence-corrected chi connectivity index (χ3v) is 3.96. The largest absolute Gasteiger partial charge is 0.434 e. The summed E-state index contributed by atoms with van der Waals surface area (Å²) in [4.78, 5) is 2.27. The van der Waals surface area contributed by atoms with Crippen LogP contribution >= 0.6 is 24.0 Å². The number of ether oxygens (including phenoxy) is 1. The topological polar surface area (TPSA) is 24.5 Å². The van der Waals surface area contributed by atoms with Crippen molar-refractivity contribution in [3.63, 3.8) is 0 Å². The minimum Gasteiger partial charge on any atom is -0.434 e. The Kier molecular flexibility index (Phi) is 8.39. The van der Waals surface area contributed by atoms with Gasteiger partial charge in [0.2, 0.25) is 0 Å². The Morgan fingerprint density at radius 3 is 2.91 bits per heavy atom. The Hall–Kier alpha value is -0.620. The van der Waals surface area contributed by atoms with Crippen LogP contribution in [0, 0.1) is 5.92 Å². The van der Waals surface area contributed by atoms with Crippen molar-refractivity contribution in [1.82, 2.24) is 10.2 Å². The van der Waals surface area contributed by atoms with E-state index in [4.69, 9.17) is 11.6 Å². The number of alkyl halides is 2. The van der Waals surface area contributed by atoms with Gasteiger partial charge >= 0.3 is 6.61 Å². The van der Waals surface area contributed by atoms with E-state index in [-0.39, 0.29) is 18.2 Å². The maximum Gasteiger partial charge on any atom is 0.387 e. The zero-order valence-electron chi connectivity index (χ0n) is 12.5. The fourth-order valence-electron chi connectivity index (χ4n) is 2.87. The number of hydrogen-bond donors (Lipinski definition) is 1. The molecule has 1 aromatic carbocycles. The number of nitrogens with one attached hydrogen (secondary N) is 1. The molecule has 1 atom stereocenters. The predicted molar refractivity (Wildman–Crippen MR) is 87.3 cm³/mol. The Balaban J connectivity index is 0.00000242. The molecule has 0 spiro atoms. The molecule has 0 radical (unpaired) electrons. The molecular formula is C15H22Cl2F2N2O. The summed E-state index contributed by atoms with van der Waals surface area (Å²) in [6, 6.07) is 4.79. The number of likely N-dealkylation sites (tertiary alicyclic amines) is 1. The fraction of sp³-hybridized carbons (Fsp3) is 0.600.